The van der Waals surface area contributed by atoms with Crippen molar-refractivity contribution in [1.82, 2.24) is 0 Å². The van der Waals surface area contributed by atoms with Crippen LogP contribution in [0.4, 0.5) is 5.69 Å². The van der Waals surface area contributed by atoms with E-state index in [-0.39, 0.29) is 5.41 Å². The van der Waals surface area contributed by atoms with Gasteiger partial charge in [0.1, 0.15) is 0 Å². The zero-order valence-electron chi connectivity index (χ0n) is 12.9. The third-order valence-corrected chi connectivity index (χ3v) is 4.00. The monoisotopic (exact) mass is 275 g/mol. The standard InChI is InChI=1S/C20H21N/c1-20(2,3)16-11-8-15(9-12-16)19-17-7-5-4-6-14(17)10-13-18(19)21/h4-13H,21H2,1-3H3. The number of fused-ring (bicyclic) bond motifs is 1. The fourth-order valence-electron chi connectivity index (χ4n) is 2.75. The molecule has 0 unspecified atom stereocenters. The molecular formula is C20H21N. The van der Waals surface area contributed by atoms with E-state index < -0.39 is 0 Å². The zero-order chi connectivity index (χ0) is 15.0. The van der Waals surface area contributed by atoms with Gasteiger partial charge in [-0.05, 0) is 33.4 Å². The number of rotatable bonds is 1. The molecule has 21 heavy (non-hydrogen) atoms. The summed E-state index contributed by atoms with van der Waals surface area (Å²) < 4.78 is 0. The number of nitrogens with two attached hydrogens (primary N) is 1. The van der Waals surface area contributed by atoms with E-state index in [1.807, 2.05) is 6.07 Å². The van der Waals surface area contributed by atoms with E-state index in [0.29, 0.717) is 0 Å². The molecule has 0 saturated carbocycles. The molecule has 0 aliphatic rings. The first-order valence-electron chi connectivity index (χ1n) is 7.35. The van der Waals surface area contributed by atoms with Crippen LogP contribution in [0, 0.1) is 0 Å². The summed E-state index contributed by atoms with van der Waals surface area (Å²) in [6.07, 6.45) is 0. The first-order valence-corrected chi connectivity index (χ1v) is 7.35. The van der Waals surface area contributed by atoms with E-state index >= 15 is 0 Å². The van der Waals surface area contributed by atoms with Crippen LogP contribution in [0.1, 0.15) is 26.3 Å². The molecule has 0 atom stereocenters. The number of hydrogen-bond acceptors (Lipinski definition) is 1. The first kappa shape index (κ1) is 13.7. The Kier molecular flexibility index (Phi) is 3.21. The second-order valence-corrected chi connectivity index (χ2v) is 6.58. The third kappa shape index (κ3) is 2.52. The summed E-state index contributed by atoms with van der Waals surface area (Å²) in [4.78, 5) is 0. The Hall–Kier alpha value is -2.28. The lowest BCUT2D eigenvalue weighted by molar-refractivity contribution is 0.590. The maximum atomic E-state index is 6.24. The Labute approximate surface area is 126 Å². The predicted molar refractivity (Wildman–Crippen MR) is 92.5 cm³/mol. The number of anilines is 1. The molecule has 0 bridgehead atoms. The number of benzene rings is 3. The molecule has 2 N–H and O–H groups in total. The normalized spacial score (nSPS) is 11.8. The van der Waals surface area contributed by atoms with E-state index in [1.54, 1.807) is 0 Å². The summed E-state index contributed by atoms with van der Waals surface area (Å²) in [6.45, 7) is 6.69. The number of nitrogen functional groups attached to an aromatic ring is 1. The average Bonchev–Trinajstić information content (AvgIpc) is 2.46. The van der Waals surface area contributed by atoms with Gasteiger partial charge in [-0.2, -0.15) is 0 Å². The van der Waals surface area contributed by atoms with Crippen molar-refractivity contribution < 1.29 is 0 Å². The minimum absolute atomic E-state index is 0.169. The van der Waals surface area contributed by atoms with Gasteiger partial charge in [0.15, 0.2) is 0 Å². The van der Waals surface area contributed by atoms with Gasteiger partial charge < -0.3 is 5.73 Å². The fourth-order valence-corrected chi connectivity index (χ4v) is 2.75. The zero-order valence-corrected chi connectivity index (χ0v) is 12.9. The quantitative estimate of drug-likeness (QED) is 0.592. The Morgan fingerprint density at radius 1 is 0.762 bits per heavy atom. The van der Waals surface area contributed by atoms with Crippen LogP contribution in [0.5, 0.6) is 0 Å². The topological polar surface area (TPSA) is 26.0 Å². The van der Waals surface area contributed by atoms with Gasteiger partial charge >= 0.3 is 0 Å². The fraction of sp³-hybridized carbons (Fsp3) is 0.200. The number of hydrogen-bond donors (Lipinski definition) is 1. The highest BCUT2D eigenvalue weighted by molar-refractivity contribution is 6.02. The van der Waals surface area contributed by atoms with Gasteiger partial charge in [-0.3, -0.25) is 0 Å². The summed E-state index contributed by atoms with van der Waals surface area (Å²) in [5.74, 6) is 0. The predicted octanol–water partition coefficient (Wildman–Crippen LogP) is 5.39. The highest BCUT2D eigenvalue weighted by Gasteiger charge is 2.14. The van der Waals surface area contributed by atoms with Crippen molar-refractivity contribution in [2.24, 2.45) is 0 Å². The Morgan fingerprint density at radius 2 is 1.43 bits per heavy atom. The lowest BCUT2D eigenvalue weighted by atomic mass is 9.86. The van der Waals surface area contributed by atoms with E-state index in [9.17, 15) is 0 Å². The highest BCUT2D eigenvalue weighted by atomic mass is 14.6. The van der Waals surface area contributed by atoms with Crippen molar-refractivity contribution in [3.05, 3.63) is 66.2 Å². The van der Waals surface area contributed by atoms with Crippen LogP contribution in [-0.2, 0) is 5.41 Å². The maximum Gasteiger partial charge on any atom is 0.0400 e. The largest absolute Gasteiger partial charge is 0.398 e. The molecule has 3 aromatic rings. The van der Waals surface area contributed by atoms with Gasteiger partial charge in [0.25, 0.3) is 0 Å². The molecule has 0 aliphatic carbocycles. The van der Waals surface area contributed by atoms with Crippen LogP contribution in [0.25, 0.3) is 21.9 Å². The molecule has 0 aromatic heterocycles. The van der Waals surface area contributed by atoms with E-state index in [4.69, 9.17) is 5.73 Å². The summed E-state index contributed by atoms with van der Waals surface area (Å²) in [7, 11) is 0. The van der Waals surface area contributed by atoms with Crippen LogP contribution < -0.4 is 5.73 Å². The van der Waals surface area contributed by atoms with Crippen molar-refractivity contribution >= 4 is 16.5 Å². The highest BCUT2D eigenvalue weighted by Crippen LogP contribution is 2.35. The minimum atomic E-state index is 0.169. The van der Waals surface area contributed by atoms with Crippen LogP contribution in [0.3, 0.4) is 0 Å². The third-order valence-electron chi connectivity index (χ3n) is 4.00. The Morgan fingerprint density at radius 3 is 2.10 bits per heavy atom. The Balaban J connectivity index is 2.19. The van der Waals surface area contributed by atoms with Gasteiger partial charge in [0, 0.05) is 11.3 Å². The molecular weight excluding hydrogens is 254 g/mol. The molecule has 0 amide bonds. The molecule has 1 nitrogen and oxygen atoms in total. The van der Waals surface area contributed by atoms with Crippen molar-refractivity contribution in [3.63, 3.8) is 0 Å². The molecule has 106 valence electrons. The van der Waals surface area contributed by atoms with Crippen LogP contribution in [-0.4, -0.2) is 0 Å². The molecule has 0 spiro atoms. The molecule has 0 radical (unpaired) electrons. The second kappa shape index (κ2) is 4.92. The second-order valence-electron chi connectivity index (χ2n) is 6.58. The van der Waals surface area contributed by atoms with E-state index in [0.717, 1.165) is 11.3 Å². The summed E-state index contributed by atoms with van der Waals surface area (Å²) in [5, 5.41) is 2.43. The molecule has 3 rings (SSSR count). The van der Waals surface area contributed by atoms with Crippen LogP contribution >= 0.6 is 0 Å². The SMILES string of the molecule is CC(C)(C)c1ccc(-c2c(N)ccc3ccccc23)cc1. The van der Waals surface area contributed by atoms with Gasteiger partial charge in [0.05, 0.1) is 0 Å². The minimum Gasteiger partial charge on any atom is -0.398 e. The van der Waals surface area contributed by atoms with Gasteiger partial charge in [-0.15, -0.1) is 0 Å². The van der Waals surface area contributed by atoms with Crippen molar-refractivity contribution in [3.8, 4) is 11.1 Å². The van der Waals surface area contributed by atoms with Crippen LogP contribution in [0.15, 0.2) is 60.7 Å². The van der Waals surface area contributed by atoms with Crippen molar-refractivity contribution in [1.29, 1.82) is 0 Å². The molecule has 1 heteroatoms. The van der Waals surface area contributed by atoms with Gasteiger partial charge in [-0.25, -0.2) is 0 Å². The maximum absolute atomic E-state index is 6.24. The lowest BCUT2D eigenvalue weighted by Gasteiger charge is -2.19. The van der Waals surface area contributed by atoms with Gasteiger partial charge in [0.2, 0.25) is 0 Å². The molecule has 0 heterocycles. The molecule has 0 aliphatic heterocycles. The van der Waals surface area contributed by atoms with E-state index in [2.05, 4.69) is 75.4 Å². The summed E-state index contributed by atoms with van der Waals surface area (Å²) in [5.41, 5.74) is 10.9. The molecule has 3 aromatic carbocycles. The van der Waals surface area contributed by atoms with Gasteiger partial charge in [-0.1, -0.05) is 75.4 Å². The smallest absolute Gasteiger partial charge is 0.0400 e. The average molecular weight is 275 g/mol. The Bertz CT molecular complexity index is 777. The lowest BCUT2D eigenvalue weighted by Crippen LogP contribution is -2.10. The molecule has 0 fully saturated rings. The van der Waals surface area contributed by atoms with Crippen LogP contribution in [0.2, 0.25) is 0 Å². The van der Waals surface area contributed by atoms with Crippen molar-refractivity contribution in [2.45, 2.75) is 26.2 Å². The van der Waals surface area contributed by atoms with Crippen molar-refractivity contribution in [2.75, 3.05) is 5.73 Å². The van der Waals surface area contributed by atoms with E-state index in [1.165, 1.54) is 21.9 Å². The molecule has 0 saturated heterocycles. The summed E-state index contributed by atoms with van der Waals surface area (Å²) in [6, 6.07) is 21.2. The summed E-state index contributed by atoms with van der Waals surface area (Å²) >= 11 is 0. The first-order chi connectivity index (χ1) is 9.97.